The third-order valence-electron chi connectivity index (χ3n) is 2.03. The fourth-order valence-corrected chi connectivity index (χ4v) is 1.21. The molecule has 4 heteroatoms. The summed E-state index contributed by atoms with van der Waals surface area (Å²) in [5.74, 6) is -0.438. The minimum Gasteiger partial charge on any atom is -0.386 e. The van der Waals surface area contributed by atoms with Crippen LogP contribution in [0.3, 0.4) is 0 Å². The molecular formula is C10H14FNO2. The maximum Gasteiger partial charge on any atom is 0.129 e. The first kappa shape index (κ1) is 11.1. The van der Waals surface area contributed by atoms with Crippen LogP contribution in [-0.2, 0) is 4.74 Å². The number of nitrogens with two attached hydrogens (primary N) is 1. The summed E-state index contributed by atoms with van der Waals surface area (Å²) in [6.07, 6.45) is -1.50. The molecule has 78 valence electrons. The first-order valence-corrected chi connectivity index (χ1v) is 4.41. The van der Waals surface area contributed by atoms with E-state index in [2.05, 4.69) is 0 Å². The Morgan fingerprint density at radius 2 is 2.14 bits per heavy atom. The normalized spacial score (nSPS) is 15.1. The van der Waals surface area contributed by atoms with Crippen molar-refractivity contribution in [2.24, 2.45) is 5.73 Å². The molecule has 3 nitrogen and oxygen atoms in total. The zero-order valence-corrected chi connectivity index (χ0v) is 7.98. The third-order valence-corrected chi connectivity index (χ3v) is 2.03. The summed E-state index contributed by atoms with van der Waals surface area (Å²) in [6.45, 7) is 1.65. The van der Waals surface area contributed by atoms with Crippen LogP contribution in [0.15, 0.2) is 24.3 Å². The van der Waals surface area contributed by atoms with Crippen molar-refractivity contribution >= 4 is 0 Å². The molecule has 0 amide bonds. The van der Waals surface area contributed by atoms with E-state index in [0.29, 0.717) is 0 Å². The summed E-state index contributed by atoms with van der Waals surface area (Å²) in [5.41, 5.74) is 5.39. The second kappa shape index (κ2) is 5.05. The van der Waals surface area contributed by atoms with Gasteiger partial charge in [-0.05, 0) is 13.0 Å². The molecule has 0 radical (unpaired) electrons. The van der Waals surface area contributed by atoms with Crippen molar-refractivity contribution in [3.8, 4) is 0 Å². The lowest BCUT2D eigenvalue weighted by Crippen LogP contribution is -2.22. The first-order chi connectivity index (χ1) is 6.66. The summed E-state index contributed by atoms with van der Waals surface area (Å²) in [5, 5.41) is 9.68. The molecular weight excluding hydrogens is 185 g/mol. The molecule has 0 saturated carbocycles. The Morgan fingerprint density at radius 1 is 1.50 bits per heavy atom. The number of rotatable bonds is 4. The van der Waals surface area contributed by atoms with Gasteiger partial charge in [0, 0.05) is 5.56 Å². The molecule has 1 aromatic carbocycles. The molecule has 0 aliphatic rings. The topological polar surface area (TPSA) is 55.5 Å². The van der Waals surface area contributed by atoms with Crippen molar-refractivity contribution in [1.82, 2.24) is 0 Å². The van der Waals surface area contributed by atoms with Crippen LogP contribution in [0.4, 0.5) is 4.39 Å². The van der Waals surface area contributed by atoms with E-state index in [1.54, 1.807) is 19.1 Å². The molecule has 2 atom stereocenters. The minimum atomic E-state index is -0.986. The summed E-state index contributed by atoms with van der Waals surface area (Å²) in [4.78, 5) is 0. The van der Waals surface area contributed by atoms with Crippen molar-refractivity contribution in [2.75, 3.05) is 6.73 Å². The van der Waals surface area contributed by atoms with Crippen LogP contribution in [0, 0.1) is 5.82 Å². The highest BCUT2D eigenvalue weighted by atomic mass is 19.1. The van der Waals surface area contributed by atoms with Gasteiger partial charge in [0.15, 0.2) is 0 Å². The Hall–Kier alpha value is -0.970. The second-order valence-corrected chi connectivity index (χ2v) is 3.00. The van der Waals surface area contributed by atoms with Crippen LogP contribution in [0.1, 0.15) is 18.6 Å². The number of benzene rings is 1. The molecule has 0 fully saturated rings. The number of hydrogen-bond acceptors (Lipinski definition) is 3. The molecule has 0 bridgehead atoms. The second-order valence-electron chi connectivity index (χ2n) is 3.00. The van der Waals surface area contributed by atoms with Gasteiger partial charge < -0.3 is 15.6 Å². The fraction of sp³-hybridized carbons (Fsp3) is 0.400. The van der Waals surface area contributed by atoms with E-state index in [1.807, 2.05) is 0 Å². The molecule has 2 unspecified atom stereocenters. The molecule has 1 rings (SSSR count). The Balaban J connectivity index is 2.78. The van der Waals surface area contributed by atoms with E-state index in [-0.39, 0.29) is 12.3 Å². The minimum absolute atomic E-state index is 0.00663. The Bertz CT molecular complexity index is 293. The fourth-order valence-electron chi connectivity index (χ4n) is 1.21. The average Bonchev–Trinajstić information content (AvgIpc) is 2.18. The predicted molar refractivity (Wildman–Crippen MR) is 51.0 cm³/mol. The van der Waals surface area contributed by atoms with Crippen molar-refractivity contribution < 1.29 is 14.2 Å². The number of halogens is 1. The number of ether oxygens (including phenoxy) is 1. The Morgan fingerprint density at radius 3 is 2.71 bits per heavy atom. The maximum atomic E-state index is 13.2. The van der Waals surface area contributed by atoms with Gasteiger partial charge in [-0.15, -0.1) is 0 Å². The van der Waals surface area contributed by atoms with Crippen molar-refractivity contribution in [3.63, 3.8) is 0 Å². The van der Waals surface area contributed by atoms with Gasteiger partial charge in [0.1, 0.15) is 11.9 Å². The van der Waals surface area contributed by atoms with Crippen molar-refractivity contribution in [3.05, 3.63) is 35.6 Å². The first-order valence-electron chi connectivity index (χ1n) is 4.41. The summed E-state index contributed by atoms with van der Waals surface area (Å²) in [7, 11) is 0. The average molecular weight is 199 g/mol. The quantitative estimate of drug-likeness (QED) is 0.716. The molecule has 0 spiro atoms. The van der Waals surface area contributed by atoms with E-state index >= 15 is 0 Å². The van der Waals surface area contributed by atoms with Crippen LogP contribution in [-0.4, -0.2) is 17.9 Å². The molecule has 3 N–H and O–H groups in total. The van der Waals surface area contributed by atoms with Gasteiger partial charge in [-0.1, -0.05) is 18.2 Å². The summed E-state index contributed by atoms with van der Waals surface area (Å²) in [6, 6.07) is 6.06. The van der Waals surface area contributed by atoms with Gasteiger partial charge in [0.2, 0.25) is 0 Å². The number of hydrogen-bond donors (Lipinski definition) is 2. The highest BCUT2D eigenvalue weighted by Gasteiger charge is 2.19. The van der Waals surface area contributed by atoms with Gasteiger partial charge in [-0.3, -0.25) is 0 Å². The number of aliphatic hydroxyl groups is 1. The highest BCUT2D eigenvalue weighted by molar-refractivity contribution is 5.20. The van der Waals surface area contributed by atoms with E-state index in [9.17, 15) is 9.50 Å². The molecule has 0 saturated heterocycles. The standard InChI is InChI=1S/C10H14FNO2/c1-7(14-6-12)10(13)8-4-2-3-5-9(8)11/h2-5,7,10,13H,6,12H2,1H3. The van der Waals surface area contributed by atoms with Crippen LogP contribution in [0.5, 0.6) is 0 Å². The van der Waals surface area contributed by atoms with Crippen LogP contribution in [0.25, 0.3) is 0 Å². The third kappa shape index (κ3) is 2.51. The highest BCUT2D eigenvalue weighted by Crippen LogP contribution is 2.21. The Labute approximate surface area is 82.3 Å². The van der Waals surface area contributed by atoms with E-state index in [0.717, 1.165) is 0 Å². The number of aliphatic hydroxyl groups excluding tert-OH is 1. The van der Waals surface area contributed by atoms with Crippen molar-refractivity contribution in [2.45, 2.75) is 19.1 Å². The van der Waals surface area contributed by atoms with Gasteiger partial charge in [0.05, 0.1) is 12.8 Å². The lowest BCUT2D eigenvalue weighted by Gasteiger charge is -2.19. The molecule has 14 heavy (non-hydrogen) atoms. The zero-order valence-electron chi connectivity index (χ0n) is 7.98. The molecule has 0 heterocycles. The molecule has 0 aromatic heterocycles. The SMILES string of the molecule is CC(OCN)C(O)c1ccccc1F. The van der Waals surface area contributed by atoms with Gasteiger partial charge in [-0.2, -0.15) is 0 Å². The van der Waals surface area contributed by atoms with Crippen LogP contribution < -0.4 is 5.73 Å². The van der Waals surface area contributed by atoms with Crippen LogP contribution in [0.2, 0.25) is 0 Å². The van der Waals surface area contributed by atoms with Gasteiger partial charge in [-0.25, -0.2) is 4.39 Å². The molecule has 1 aromatic rings. The van der Waals surface area contributed by atoms with Crippen LogP contribution >= 0.6 is 0 Å². The van der Waals surface area contributed by atoms with E-state index in [1.165, 1.54) is 12.1 Å². The molecule has 0 aliphatic carbocycles. The Kier molecular flexibility index (Phi) is 4.00. The van der Waals surface area contributed by atoms with Gasteiger partial charge in [0.25, 0.3) is 0 Å². The zero-order chi connectivity index (χ0) is 10.6. The monoisotopic (exact) mass is 199 g/mol. The predicted octanol–water partition coefficient (Wildman–Crippen LogP) is 1.18. The van der Waals surface area contributed by atoms with E-state index in [4.69, 9.17) is 10.5 Å². The lowest BCUT2D eigenvalue weighted by molar-refractivity contribution is -0.0269. The van der Waals surface area contributed by atoms with Crippen molar-refractivity contribution in [1.29, 1.82) is 0 Å². The summed E-state index contributed by atoms with van der Waals surface area (Å²) >= 11 is 0. The van der Waals surface area contributed by atoms with Gasteiger partial charge >= 0.3 is 0 Å². The largest absolute Gasteiger partial charge is 0.386 e. The summed E-state index contributed by atoms with van der Waals surface area (Å²) < 4.78 is 18.2. The maximum absolute atomic E-state index is 13.2. The smallest absolute Gasteiger partial charge is 0.129 e. The molecule has 0 aliphatic heterocycles. The van der Waals surface area contributed by atoms with E-state index < -0.39 is 18.0 Å². The lowest BCUT2D eigenvalue weighted by atomic mass is 10.1.